The molecule has 3 aromatic rings. The summed E-state index contributed by atoms with van der Waals surface area (Å²) in [6.07, 6.45) is 7.03. The molecule has 7 heteroatoms. The Morgan fingerprint density at radius 1 is 1.34 bits per heavy atom. The largest absolute Gasteiger partial charge is 0.363 e. The number of hydrogen-bond donors (Lipinski definition) is 2. The summed E-state index contributed by atoms with van der Waals surface area (Å²) >= 11 is 0. The molecule has 1 aromatic carbocycles. The molecule has 1 aliphatic carbocycles. The van der Waals surface area contributed by atoms with Crippen molar-refractivity contribution in [3.05, 3.63) is 53.1 Å². The number of nitrogens with zero attached hydrogens (tertiary/aromatic N) is 4. The second-order valence-corrected chi connectivity index (χ2v) is 8.65. The minimum Gasteiger partial charge on any atom is -0.363 e. The lowest BCUT2D eigenvalue weighted by atomic mass is 9.85. The van der Waals surface area contributed by atoms with Crippen molar-refractivity contribution in [3.8, 4) is 0 Å². The summed E-state index contributed by atoms with van der Waals surface area (Å²) in [5.41, 5.74) is 3.78. The molecule has 1 saturated heterocycles. The molecule has 1 aliphatic heterocycles. The number of Topliss-reactive ketones (excluding diaryl/α,β-unsaturated/α-hetero) is 1. The van der Waals surface area contributed by atoms with Crippen LogP contribution in [0.3, 0.4) is 0 Å². The lowest BCUT2D eigenvalue weighted by molar-refractivity contribution is -0.121. The third-order valence-corrected chi connectivity index (χ3v) is 6.19. The molecule has 0 unspecified atom stereocenters. The van der Waals surface area contributed by atoms with E-state index in [1.54, 1.807) is 10.7 Å². The van der Waals surface area contributed by atoms with E-state index in [-0.39, 0.29) is 11.2 Å². The highest BCUT2D eigenvalue weighted by Crippen LogP contribution is 2.36. The summed E-state index contributed by atoms with van der Waals surface area (Å²) in [4.78, 5) is 21.5. The molecule has 3 heterocycles. The van der Waals surface area contributed by atoms with Gasteiger partial charge in [-0.3, -0.25) is 4.79 Å². The number of anilines is 1. The minimum atomic E-state index is -0.380. The lowest BCUT2D eigenvalue weighted by Gasteiger charge is -2.24. The number of aromatic nitrogens is 4. The molecule has 150 valence electrons. The molecular weight excluding hydrogens is 364 g/mol. The van der Waals surface area contributed by atoms with Gasteiger partial charge in [0.2, 0.25) is 0 Å². The molecule has 0 radical (unpaired) electrons. The molecule has 2 N–H and O–H groups in total. The number of ketones is 1. The number of hydrogen-bond acceptors (Lipinski definition) is 6. The Kier molecular flexibility index (Phi) is 4.35. The van der Waals surface area contributed by atoms with E-state index in [0.717, 1.165) is 59.9 Å². The Bertz CT molecular complexity index is 1080. The van der Waals surface area contributed by atoms with E-state index in [9.17, 15) is 4.79 Å². The Hall–Kier alpha value is -2.80. The molecular formula is C22H26N6O. The second kappa shape index (κ2) is 6.91. The van der Waals surface area contributed by atoms with E-state index in [0.29, 0.717) is 18.9 Å². The molecule has 7 nitrogen and oxygen atoms in total. The fraction of sp³-hybridized carbons (Fsp3) is 0.455. The molecule has 1 atom stereocenters. The van der Waals surface area contributed by atoms with E-state index in [2.05, 4.69) is 38.9 Å². The third-order valence-electron chi connectivity index (χ3n) is 6.19. The maximum Gasteiger partial charge on any atom is 0.198 e. The van der Waals surface area contributed by atoms with Crippen LogP contribution in [0.5, 0.6) is 0 Å². The van der Waals surface area contributed by atoms with E-state index in [4.69, 9.17) is 4.98 Å². The fourth-order valence-corrected chi connectivity index (χ4v) is 4.45. The highest BCUT2D eigenvalue weighted by molar-refractivity contribution is 5.95. The smallest absolute Gasteiger partial charge is 0.198 e. The normalized spacial score (nSPS) is 20.8. The predicted octanol–water partition coefficient (Wildman–Crippen LogP) is 2.28. The van der Waals surface area contributed by atoms with Crippen molar-refractivity contribution in [1.82, 2.24) is 24.9 Å². The number of piperidine rings is 1. The van der Waals surface area contributed by atoms with Crippen LogP contribution >= 0.6 is 0 Å². The summed E-state index contributed by atoms with van der Waals surface area (Å²) in [6, 6.07) is 6.69. The van der Waals surface area contributed by atoms with Crippen molar-refractivity contribution in [1.29, 1.82) is 0 Å². The zero-order chi connectivity index (χ0) is 20.0. The van der Waals surface area contributed by atoms with Crippen molar-refractivity contribution in [2.75, 3.05) is 18.4 Å². The molecule has 0 bridgehead atoms. The van der Waals surface area contributed by atoms with Gasteiger partial charge in [0.25, 0.3) is 0 Å². The third kappa shape index (κ3) is 3.29. The SMILES string of the molecule is CC1(C)C(=O)Cc2cc(Cc3nc4c(N[C@H]5CCCNC5)nccn4n3)ccc21. The van der Waals surface area contributed by atoms with Gasteiger partial charge in [0, 0.05) is 43.2 Å². The van der Waals surface area contributed by atoms with Crippen molar-refractivity contribution >= 4 is 17.2 Å². The lowest BCUT2D eigenvalue weighted by Crippen LogP contribution is -2.38. The van der Waals surface area contributed by atoms with Crippen LogP contribution in [-0.2, 0) is 23.1 Å². The van der Waals surface area contributed by atoms with Crippen LogP contribution in [0.1, 0.15) is 49.2 Å². The number of carbonyl (C=O) groups is 1. The van der Waals surface area contributed by atoms with Crippen LogP contribution in [0.25, 0.3) is 5.65 Å². The first-order valence-electron chi connectivity index (χ1n) is 10.3. The minimum absolute atomic E-state index is 0.287. The van der Waals surface area contributed by atoms with E-state index in [1.807, 2.05) is 20.0 Å². The van der Waals surface area contributed by atoms with E-state index >= 15 is 0 Å². The van der Waals surface area contributed by atoms with Gasteiger partial charge in [-0.1, -0.05) is 18.2 Å². The topological polar surface area (TPSA) is 84.2 Å². The summed E-state index contributed by atoms with van der Waals surface area (Å²) in [7, 11) is 0. The Morgan fingerprint density at radius 3 is 3.07 bits per heavy atom. The van der Waals surface area contributed by atoms with Crippen molar-refractivity contribution in [2.45, 2.75) is 51.0 Å². The molecule has 0 saturated carbocycles. The van der Waals surface area contributed by atoms with Crippen molar-refractivity contribution < 1.29 is 4.79 Å². The molecule has 2 aliphatic rings. The van der Waals surface area contributed by atoms with Crippen LogP contribution < -0.4 is 10.6 Å². The molecule has 5 rings (SSSR count). The van der Waals surface area contributed by atoms with Gasteiger partial charge in [-0.15, -0.1) is 0 Å². The molecule has 1 fully saturated rings. The predicted molar refractivity (Wildman–Crippen MR) is 111 cm³/mol. The van der Waals surface area contributed by atoms with Gasteiger partial charge in [0.1, 0.15) is 5.78 Å². The zero-order valence-corrected chi connectivity index (χ0v) is 16.9. The Balaban J connectivity index is 1.40. The fourth-order valence-electron chi connectivity index (χ4n) is 4.45. The van der Waals surface area contributed by atoms with Crippen LogP contribution in [0.2, 0.25) is 0 Å². The number of rotatable bonds is 4. The van der Waals surface area contributed by atoms with Crippen LogP contribution in [0.4, 0.5) is 5.82 Å². The summed E-state index contributed by atoms with van der Waals surface area (Å²) < 4.78 is 1.79. The maximum atomic E-state index is 12.3. The summed E-state index contributed by atoms with van der Waals surface area (Å²) in [5, 5.41) is 11.6. The summed E-state index contributed by atoms with van der Waals surface area (Å²) in [6.45, 7) is 6.03. The number of fused-ring (bicyclic) bond motifs is 2. The number of benzene rings is 1. The van der Waals surface area contributed by atoms with Gasteiger partial charge < -0.3 is 10.6 Å². The molecule has 0 amide bonds. The van der Waals surface area contributed by atoms with E-state index in [1.165, 1.54) is 0 Å². The van der Waals surface area contributed by atoms with Gasteiger partial charge in [0.15, 0.2) is 17.3 Å². The van der Waals surface area contributed by atoms with Crippen LogP contribution in [0.15, 0.2) is 30.6 Å². The van der Waals surface area contributed by atoms with Crippen LogP contribution in [-0.4, -0.2) is 44.5 Å². The van der Waals surface area contributed by atoms with Crippen molar-refractivity contribution in [3.63, 3.8) is 0 Å². The number of carbonyl (C=O) groups excluding carboxylic acids is 1. The second-order valence-electron chi connectivity index (χ2n) is 8.65. The van der Waals surface area contributed by atoms with Gasteiger partial charge >= 0.3 is 0 Å². The summed E-state index contributed by atoms with van der Waals surface area (Å²) in [5.74, 6) is 1.82. The number of nitrogens with one attached hydrogen (secondary N) is 2. The molecule has 29 heavy (non-hydrogen) atoms. The van der Waals surface area contributed by atoms with Crippen LogP contribution in [0, 0.1) is 0 Å². The first kappa shape index (κ1) is 18.2. The highest BCUT2D eigenvalue weighted by atomic mass is 16.1. The van der Waals surface area contributed by atoms with E-state index < -0.39 is 0 Å². The van der Waals surface area contributed by atoms with Gasteiger partial charge in [-0.05, 0) is 49.9 Å². The maximum absolute atomic E-state index is 12.3. The average Bonchev–Trinajstić information content (AvgIpc) is 3.21. The Morgan fingerprint density at radius 2 is 2.24 bits per heavy atom. The van der Waals surface area contributed by atoms with Gasteiger partial charge in [-0.2, -0.15) is 5.10 Å². The standard InChI is InChI=1S/C22H26N6O/c1-22(2)17-6-5-14(10-15(17)12-18(22)29)11-19-26-21-20(24-8-9-28(21)27-19)25-16-4-3-7-23-13-16/h5-6,8-10,16,23H,3-4,7,11-13H2,1-2H3,(H,24,25)/t16-/m0/s1. The van der Waals surface area contributed by atoms with Gasteiger partial charge in [-0.25, -0.2) is 14.5 Å². The average molecular weight is 390 g/mol. The quantitative estimate of drug-likeness (QED) is 0.711. The molecule has 2 aromatic heterocycles. The zero-order valence-electron chi connectivity index (χ0n) is 16.9. The van der Waals surface area contributed by atoms with Gasteiger partial charge in [0.05, 0.1) is 0 Å². The first-order chi connectivity index (χ1) is 14.0. The highest BCUT2D eigenvalue weighted by Gasteiger charge is 2.37. The monoisotopic (exact) mass is 390 g/mol. The Labute approximate surface area is 169 Å². The first-order valence-corrected chi connectivity index (χ1v) is 10.3. The van der Waals surface area contributed by atoms with Crippen molar-refractivity contribution in [2.24, 2.45) is 0 Å². The molecule has 0 spiro atoms.